The number of carbonyl (C=O) groups excluding carboxylic acids is 1. The van der Waals surface area contributed by atoms with Gasteiger partial charge in [0.15, 0.2) is 6.29 Å². The summed E-state index contributed by atoms with van der Waals surface area (Å²) in [6, 6.07) is 6.43. The number of alkyl halides is 3. The standard InChI is InChI=1S/C13H7F4NO2/c14-12-9(7-19)5-8(6-18-12)10-3-1-2-4-11(10)20-13(15,16)17/h1-7H. The highest BCUT2D eigenvalue weighted by Gasteiger charge is 2.32. The third kappa shape index (κ3) is 3.11. The largest absolute Gasteiger partial charge is 0.573 e. The van der Waals surface area contributed by atoms with E-state index in [9.17, 15) is 22.4 Å². The van der Waals surface area contributed by atoms with Crippen LogP contribution in [0.4, 0.5) is 17.6 Å². The third-order valence-electron chi connectivity index (χ3n) is 2.42. The Balaban J connectivity index is 2.50. The minimum Gasteiger partial charge on any atom is -0.405 e. The SMILES string of the molecule is O=Cc1cc(-c2ccccc2OC(F)(F)F)cnc1F. The number of hydrogen-bond acceptors (Lipinski definition) is 3. The van der Waals surface area contributed by atoms with Crippen molar-refractivity contribution in [3.63, 3.8) is 0 Å². The van der Waals surface area contributed by atoms with Crippen LogP contribution in [0.25, 0.3) is 11.1 Å². The maximum absolute atomic E-state index is 13.1. The number of aromatic nitrogens is 1. The molecular formula is C13H7F4NO2. The zero-order valence-electron chi connectivity index (χ0n) is 9.82. The van der Waals surface area contributed by atoms with Crippen LogP contribution in [-0.2, 0) is 0 Å². The summed E-state index contributed by atoms with van der Waals surface area (Å²) in [6.45, 7) is 0. The van der Waals surface area contributed by atoms with Gasteiger partial charge in [-0.2, -0.15) is 4.39 Å². The van der Waals surface area contributed by atoms with Gasteiger partial charge in [0, 0.05) is 17.3 Å². The number of halogens is 4. The first-order valence-electron chi connectivity index (χ1n) is 5.36. The van der Waals surface area contributed by atoms with E-state index in [1.807, 2.05) is 0 Å². The molecule has 1 aromatic carbocycles. The molecule has 7 heteroatoms. The summed E-state index contributed by atoms with van der Waals surface area (Å²) in [5.41, 5.74) is -0.141. The lowest BCUT2D eigenvalue weighted by atomic mass is 10.1. The summed E-state index contributed by atoms with van der Waals surface area (Å²) in [4.78, 5) is 14.0. The van der Waals surface area contributed by atoms with Gasteiger partial charge in [0.25, 0.3) is 0 Å². The molecule has 104 valence electrons. The van der Waals surface area contributed by atoms with Crippen LogP contribution in [0.15, 0.2) is 36.5 Å². The van der Waals surface area contributed by atoms with Crippen LogP contribution < -0.4 is 4.74 Å². The van der Waals surface area contributed by atoms with E-state index in [1.165, 1.54) is 18.2 Å². The smallest absolute Gasteiger partial charge is 0.405 e. The Kier molecular flexibility index (Phi) is 3.69. The zero-order valence-corrected chi connectivity index (χ0v) is 9.82. The van der Waals surface area contributed by atoms with Crippen LogP contribution in [-0.4, -0.2) is 17.6 Å². The second-order valence-electron chi connectivity index (χ2n) is 3.77. The normalized spacial score (nSPS) is 11.2. The number of hydrogen-bond donors (Lipinski definition) is 0. The molecule has 0 N–H and O–H groups in total. The quantitative estimate of drug-likeness (QED) is 0.491. The predicted molar refractivity (Wildman–Crippen MR) is 61.7 cm³/mol. The average Bonchev–Trinajstić information content (AvgIpc) is 2.38. The van der Waals surface area contributed by atoms with Crippen molar-refractivity contribution >= 4 is 6.29 Å². The summed E-state index contributed by atoms with van der Waals surface area (Å²) in [5, 5.41) is 0. The summed E-state index contributed by atoms with van der Waals surface area (Å²) in [7, 11) is 0. The topological polar surface area (TPSA) is 39.2 Å². The Hall–Kier alpha value is -2.44. The fourth-order valence-electron chi connectivity index (χ4n) is 1.61. The molecule has 0 spiro atoms. The van der Waals surface area contributed by atoms with Crippen LogP contribution in [0, 0.1) is 5.95 Å². The van der Waals surface area contributed by atoms with E-state index >= 15 is 0 Å². The number of carbonyl (C=O) groups is 1. The maximum Gasteiger partial charge on any atom is 0.573 e. The van der Waals surface area contributed by atoms with Gasteiger partial charge in [0.1, 0.15) is 5.75 Å². The van der Waals surface area contributed by atoms with Gasteiger partial charge in [0.2, 0.25) is 5.95 Å². The first-order valence-corrected chi connectivity index (χ1v) is 5.36. The Morgan fingerprint density at radius 3 is 2.55 bits per heavy atom. The first kappa shape index (κ1) is 14.0. The molecule has 20 heavy (non-hydrogen) atoms. The minimum absolute atomic E-state index is 0.0559. The van der Waals surface area contributed by atoms with Crippen molar-refractivity contribution in [2.24, 2.45) is 0 Å². The van der Waals surface area contributed by atoms with Gasteiger partial charge >= 0.3 is 6.36 Å². The molecule has 0 fully saturated rings. The van der Waals surface area contributed by atoms with Crippen LogP contribution in [0.3, 0.4) is 0 Å². The van der Waals surface area contributed by atoms with E-state index in [1.54, 1.807) is 0 Å². The molecule has 2 rings (SSSR count). The number of para-hydroxylation sites is 1. The van der Waals surface area contributed by atoms with Gasteiger partial charge in [0.05, 0.1) is 5.56 Å². The molecule has 1 heterocycles. The molecule has 0 aliphatic heterocycles. The Labute approximate surface area is 110 Å². The van der Waals surface area contributed by atoms with Gasteiger partial charge in [-0.25, -0.2) is 4.98 Å². The molecule has 1 aromatic heterocycles. The van der Waals surface area contributed by atoms with Gasteiger partial charge in [-0.05, 0) is 12.1 Å². The van der Waals surface area contributed by atoms with Crippen LogP contribution in [0.2, 0.25) is 0 Å². The van der Waals surface area contributed by atoms with Crippen molar-refractivity contribution in [2.75, 3.05) is 0 Å². The van der Waals surface area contributed by atoms with Crippen molar-refractivity contribution in [1.29, 1.82) is 0 Å². The summed E-state index contributed by atoms with van der Waals surface area (Å²) < 4.78 is 53.9. The Morgan fingerprint density at radius 2 is 1.90 bits per heavy atom. The molecule has 0 saturated carbocycles. The fraction of sp³-hybridized carbons (Fsp3) is 0.0769. The van der Waals surface area contributed by atoms with Crippen LogP contribution in [0.5, 0.6) is 5.75 Å². The van der Waals surface area contributed by atoms with Crippen molar-refractivity contribution in [3.05, 3.63) is 48.0 Å². The minimum atomic E-state index is -4.85. The van der Waals surface area contributed by atoms with E-state index in [0.29, 0.717) is 0 Å². The molecular weight excluding hydrogens is 278 g/mol. The number of pyridine rings is 1. The molecule has 0 bridgehead atoms. The van der Waals surface area contributed by atoms with Gasteiger partial charge in [-0.15, -0.1) is 13.2 Å². The molecule has 0 saturated heterocycles. The average molecular weight is 285 g/mol. The number of aldehydes is 1. The van der Waals surface area contributed by atoms with Crippen molar-refractivity contribution in [1.82, 2.24) is 4.98 Å². The molecule has 0 radical (unpaired) electrons. The Bertz CT molecular complexity index is 641. The van der Waals surface area contributed by atoms with Crippen molar-refractivity contribution < 1.29 is 27.1 Å². The Morgan fingerprint density at radius 1 is 1.20 bits per heavy atom. The first-order chi connectivity index (χ1) is 9.40. The van der Waals surface area contributed by atoms with E-state index in [2.05, 4.69) is 9.72 Å². The lowest BCUT2D eigenvalue weighted by Gasteiger charge is -2.13. The van der Waals surface area contributed by atoms with E-state index in [0.717, 1.165) is 18.3 Å². The van der Waals surface area contributed by atoms with E-state index < -0.39 is 18.1 Å². The lowest BCUT2D eigenvalue weighted by molar-refractivity contribution is -0.274. The second-order valence-corrected chi connectivity index (χ2v) is 3.77. The monoisotopic (exact) mass is 285 g/mol. The van der Waals surface area contributed by atoms with E-state index in [-0.39, 0.29) is 23.0 Å². The van der Waals surface area contributed by atoms with Gasteiger partial charge in [-0.3, -0.25) is 4.79 Å². The van der Waals surface area contributed by atoms with E-state index in [4.69, 9.17) is 0 Å². The number of benzene rings is 1. The molecule has 0 aliphatic carbocycles. The summed E-state index contributed by atoms with van der Waals surface area (Å²) >= 11 is 0. The maximum atomic E-state index is 13.1. The van der Waals surface area contributed by atoms with Crippen molar-refractivity contribution in [3.8, 4) is 16.9 Å². The number of rotatable bonds is 3. The molecule has 0 aliphatic rings. The molecule has 2 aromatic rings. The number of nitrogens with zero attached hydrogens (tertiary/aromatic N) is 1. The highest BCUT2D eigenvalue weighted by atomic mass is 19.4. The number of ether oxygens (including phenoxy) is 1. The van der Waals surface area contributed by atoms with Gasteiger partial charge < -0.3 is 4.74 Å². The molecule has 0 unspecified atom stereocenters. The van der Waals surface area contributed by atoms with Crippen molar-refractivity contribution in [2.45, 2.75) is 6.36 Å². The fourth-order valence-corrected chi connectivity index (χ4v) is 1.61. The van der Waals surface area contributed by atoms with Crippen LogP contribution >= 0.6 is 0 Å². The third-order valence-corrected chi connectivity index (χ3v) is 2.42. The van der Waals surface area contributed by atoms with Gasteiger partial charge in [-0.1, -0.05) is 18.2 Å². The molecule has 3 nitrogen and oxygen atoms in total. The zero-order chi connectivity index (χ0) is 14.8. The van der Waals surface area contributed by atoms with Crippen LogP contribution in [0.1, 0.15) is 10.4 Å². The summed E-state index contributed by atoms with van der Waals surface area (Å²) in [6.07, 6.45) is -3.59. The highest BCUT2D eigenvalue weighted by Crippen LogP contribution is 2.33. The molecule has 0 atom stereocenters. The summed E-state index contributed by atoms with van der Waals surface area (Å²) in [5.74, 6) is -1.44. The molecule has 0 amide bonds. The predicted octanol–water partition coefficient (Wildman–Crippen LogP) is 3.60. The lowest BCUT2D eigenvalue weighted by Crippen LogP contribution is -2.17. The second kappa shape index (κ2) is 5.28. The highest BCUT2D eigenvalue weighted by molar-refractivity contribution is 5.79.